The van der Waals surface area contributed by atoms with E-state index in [-0.39, 0.29) is 17.9 Å². The first kappa shape index (κ1) is 15.3. The number of hydrogen-bond acceptors (Lipinski definition) is 2. The Hall–Kier alpha value is -1.26. The predicted octanol–water partition coefficient (Wildman–Crippen LogP) is 4.98. The van der Waals surface area contributed by atoms with Crippen LogP contribution in [0.3, 0.4) is 0 Å². The Kier molecular flexibility index (Phi) is 3.98. The SMILES string of the molecule is CSc1ccc(C2C(=O)N3CCCC3c3ccc(Br)cc32)cc1. The lowest BCUT2D eigenvalue weighted by Gasteiger charge is -2.37. The minimum absolute atomic E-state index is 0.173. The van der Waals surface area contributed by atoms with Gasteiger partial charge in [0.1, 0.15) is 0 Å². The number of halogens is 1. The smallest absolute Gasteiger partial charge is 0.235 e. The molecule has 0 bridgehead atoms. The number of hydrogen-bond donors (Lipinski definition) is 0. The van der Waals surface area contributed by atoms with E-state index < -0.39 is 0 Å². The summed E-state index contributed by atoms with van der Waals surface area (Å²) in [6, 6.07) is 15.1. The fourth-order valence-electron chi connectivity index (χ4n) is 3.87. The number of fused-ring (bicyclic) bond motifs is 3. The highest BCUT2D eigenvalue weighted by molar-refractivity contribution is 9.10. The number of amides is 1. The molecule has 0 radical (unpaired) electrons. The molecule has 0 spiro atoms. The summed E-state index contributed by atoms with van der Waals surface area (Å²) in [4.78, 5) is 16.5. The van der Waals surface area contributed by atoms with E-state index in [0.717, 1.165) is 29.4 Å². The third-order valence-electron chi connectivity index (χ3n) is 4.95. The first-order chi connectivity index (χ1) is 11.2. The molecule has 0 aromatic heterocycles. The third-order valence-corrected chi connectivity index (χ3v) is 6.19. The molecule has 1 amide bonds. The van der Waals surface area contributed by atoms with E-state index in [1.54, 1.807) is 11.8 Å². The topological polar surface area (TPSA) is 20.3 Å². The highest BCUT2D eigenvalue weighted by Crippen LogP contribution is 2.45. The fraction of sp³-hybridized carbons (Fsp3) is 0.316. The zero-order chi connectivity index (χ0) is 16.0. The van der Waals surface area contributed by atoms with Gasteiger partial charge in [-0.05, 0) is 60.1 Å². The number of carbonyl (C=O) groups is 1. The van der Waals surface area contributed by atoms with Crippen molar-refractivity contribution >= 4 is 33.6 Å². The summed E-state index contributed by atoms with van der Waals surface area (Å²) < 4.78 is 1.04. The maximum absolute atomic E-state index is 13.1. The molecule has 2 aromatic carbocycles. The molecule has 0 aliphatic carbocycles. The molecule has 0 N–H and O–H groups in total. The number of thioether (sulfide) groups is 1. The molecule has 2 heterocycles. The molecule has 2 unspecified atom stereocenters. The van der Waals surface area contributed by atoms with Crippen LogP contribution in [0.25, 0.3) is 0 Å². The van der Waals surface area contributed by atoms with Gasteiger partial charge in [-0.25, -0.2) is 0 Å². The zero-order valence-electron chi connectivity index (χ0n) is 13.0. The van der Waals surface area contributed by atoms with E-state index in [1.807, 2.05) is 0 Å². The lowest BCUT2D eigenvalue weighted by molar-refractivity contribution is -0.133. The summed E-state index contributed by atoms with van der Waals surface area (Å²) in [7, 11) is 0. The summed E-state index contributed by atoms with van der Waals surface area (Å²) in [5.74, 6) is 0.0859. The second kappa shape index (κ2) is 5.99. The van der Waals surface area contributed by atoms with E-state index in [4.69, 9.17) is 0 Å². The van der Waals surface area contributed by atoms with Crippen LogP contribution in [-0.4, -0.2) is 23.6 Å². The molecule has 2 aliphatic rings. The van der Waals surface area contributed by atoms with Crippen LogP contribution in [-0.2, 0) is 4.79 Å². The second-order valence-corrected chi connectivity index (χ2v) is 7.96. The Bertz CT molecular complexity index is 758. The summed E-state index contributed by atoms with van der Waals surface area (Å²) in [5.41, 5.74) is 3.59. The van der Waals surface area contributed by atoms with Crippen LogP contribution in [0.2, 0.25) is 0 Å². The highest BCUT2D eigenvalue weighted by Gasteiger charge is 2.42. The fourth-order valence-corrected chi connectivity index (χ4v) is 4.66. The number of carbonyl (C=O) groups excluding carboxylic acids is 1. The first-order valence-electron chi connectivity index (χ1n) is 7.93. The molecule has 1 saturated heterocycles. The quantitative estimate of drug-likeness (QED) is 0.677. The number of nitrogens with zero attached hydrogens (tertiary/aromatic N) is 1. The molecule has 23 heavy (non-hydrogen) atoms. The van der Waals surface area contributed by atoms with Crippen molar-refractivity contribution in [3.63, 3.8) is 0 Å². The van der Waals surface area contributed by atoms with Crippen LogP contribution in [0.1, 0.15) is 41.5 Å². The largest absolute Gasteiger partial charge is 0.335 e. The average molecular weight is 388 g/mol. The van der Waals surface area contributed by atoms with Crippen LogP contribution in [0.15, 0.2) is 51.8 Å². The lowest BCUT2D eigenvalue weighted by Crippen LogP contribution is -2.40. The van der Waals surface area contributed by atoms with Gasteiger partial charge >= 0.3 is 0 Å². The molecule has 1 fully saturated rings. The molecular weight excluding hydrogens is 370 g/mol. The molecular formula is C19H18BrNOS. The average Bonchev–Trinajstić information content (AvgIpc) is 3.05. The predicted molar refractivity (Wildman–Crippen MR) is 97.9 cm³/mol. The van der Waals surface area contributed by atoms with Gasteiger partial charge in [-0.15, -0.1) is 11.8 Å². The van der Waals surface area contributed by atoms with E-state index in [0.29, 0.717) is 0 Å². The molecule has 4 heteroatoms. The second-order valence-electron chi connectivity index (χ2n) is 6.17. The van der Waals surface area contributed by atoms with Gasteiger partial charge < -0.3 is 4.90 Å². The highest BCUT2D eigenvalue weighted by atomic mass is 79.9. The normalized spacial score (nSPS) is 22.9. The Labute approximate surface area is 149 Å². The van der Waals surface area contributed by atoms with Gasteiger partial charge in [0.05, 0.1) is 12.0 Å². The maximum atomic E-state index is 13.1. The van der Waals surface area contributed by atoms with E-state index in [2.05, 4.69) is 69.6 Å². The van der Waals surface area contributed by atoms with Crippen LogP contribution in [0, 0.1) is 0 Å². The van der Waals surface area contributed by atoms with Crippen molar-refractivity contribution in [3.05, 3.63) is 63.6 Å². The molecule has 2 nitrogen and oxygen atoms in total. The summed E-state index contributed by atoms with van der Waals surface area (Å²) in [6.45, 7) is 0.887. The summed E-state index contributed by atoms with van der Waals surface area (Å²) in [6.07, 6.45) is 4.25. The van der Waals surface area contributed by atoms with Crippen molar-refractivity contribution < 1.29 is 4.79 Å². The van der Waals surface area contributed by atoms with Gasteiger partial charge in [0, 0.05) is 15.9 Å². The molecule has 118 valence electrons. The van der Waals surface area contributed by atoms with Gasteiger partial charge in [-0.1, -0.05) is 34.1 Å². The van der Waals surface area contributed by atoms with Crippen molar-refractivity contribution in [3.8, 4) is 0 Å². The van der Waals surface area contributed by atoms with Gasteiger partial charge in [0.25, 0.3) is 0 Å². The molecule has 2 atom stereocenters. The van der Waals surface area contributed by atoms with Crippen molar-refractivity contribution in [2.24, 2.45) is 0 Å². The Morgan fingerprint density at radius 3 is 2.65 bits per heavy atom. The number of rotatable bonds is 2. The molecule has 2 aromatic rings. The van der Waals surface area contributed by atoms with Crippen molar-refractivity contribution in [1.29, 1.82) is 0 Å². The lowest BCUT2D eigenvalue weighted by atomic mass is 9.81. The summed E-state index contributed by atoms with van der Waals surface area (Å²) >= 11 is 5.30. The van der Waals surface area contributed by atoms with Crippen molar-refractivity contribution in [1.82, 2.24) is 4.90 Å². The Morgan fingerprint density at radius 2 is 1.91 bits per heavy atom. The van der Waals surface area contributed by atoms with Crippen molar-refractivity contribution in [2.45, 2.75) is 29.7 Å². The third kappa shape index (κ3) is 2.52. The van der Waals surface area contributed by atoms with Gasteiger partial charge in [0.2, 0.25) is 5.91 Å². The molecule has 2 aliphatic heterocycles. The Balaban J connectivity index is 1.86. The van der Waals surface area contributed by atoms with E-state index in [1.165, 1.54) is 16.0 Å². The van der Waals surface area contributed by atoms with Crippen LogP contribution < -0.4 is 0 Å². The zero-order valence-corrected chi connectivity index (χ0v) is 15.4. The van der Waals surface area contributed by atoms with Crippen LogP contribution in [0.5, 0.6) is 0 Å². The van der Waals surface area contributed by atoms with E-state index in [9.17, 15) is 4.79 Å². The minimum atomic E-state index is -0.173. The number of benzene rings is 2. The van der Waals surface area contributed by atoms with Crippen molar-refractivity contribution in [2.75, 3.05) is 12.8 Å². The van der Waals surface area contributed by atoms with E-state index >= 15 is 0 Å². The standard InChI is InChI=1S/C19H18BrNOS/c1-23-14-7-4-12(5-8-14)18-16-11-13(20)6-9-15(16)17-3-2-10-21(17)19(18)22/h4-9,11,17-18H,2-3,10H2,1H3. The monoisotopic (exact) mass is 387 g/mol. The maximum Gasteiger partial charge on any atom is 0.235 e. The van der Waals surface area contributed by atoms with Gasteiger partial charge in [0.15, 0.2) is 0 Å². The first-order valence-corrected chi connectivity index (χ1v) is 9.94. The minimum Gasteiger partial charge on any atom is -0.335 e. The molecule has 0 saturated carbocycles. The van der Waals surface area contributed by atoms with Crippen LogP contribution in [0.4, 0.5) is 0 Å². The van der Waals surface area contributed by atoms with Gasteiger partial charge in [-0.3, -0.25) is 4.79 Å². The van der Waals surface area contributed by atoms with Crippen LogP contribution >= 0.6 is 27.7 Å². The Morgan fingerprint density at radius 1 is 1.13 bits per heavy atom. The molecule has 4 rings (SSSR count). The van der Waals surface area contributed by atoms with Gasteiger partial charge in [-0.2, -0.15) is 0 Å². The summed E-state index contributed by atoms with van der Waals surface area (Å²) in [5, 5.41) is 0.